The Morgan fingerprint density at radius 3 is 1.80 bits per heavy atom. The van der Waals surface area contributed by atoms with E-state index in [1.807, 2.05) is 48.5 Å². The molecule has 0 aliphatic heterocycles. The summed E-state index contributed by atoms with van der Waals surface area (Å²) in [6.45, 7) is 0. The van der Waals surface area contributed by atoms with E-state index in [0.29, 0.717) is 5.56 Å². The van der Waals surface area contributed by atoms with Gasteiger partial charge in [0.15, 0.2) is 5.78 Å². The van der Waals surface area contributed by atoms with Gasteiger partial charge in [0.05, 0.1) is 0 Å². The maximum absolute atomic E-state index is 13.4. The van der Waals surface area contributed by atoms with E-state index in [0.717, 1.165) is 22.1 Å². The summed E-state index contributed by atoms with van der Waals surface area (Å²) in [6.07, 6.45) is 0. The van der Waals surface area contributed by atoms with Gasteiger partial charge in [0, 0.05) is 11.1 Å². The van der Waals surface area contributed by atoms with E-state index >= 15 is 0 Å². The molecule has 6 rings (SSSR count). The van der Waals surface area contributed by atoms with E-state index < -0.39 is 0 Å². The molecule has 0 aliphatic carbocycles. The lowest BCUT2D eigenvalue weighted by Crippen LogP contribution is -2.02. The summed E-state index contributed by atoms with van der Waals surface area (Å²) in [4.78, 5) is 13.4. The minimum atomic E-state index is 0.0625. The molecule has 1 heteroatoms. The topological polar surface area (TPSA) is 17.1 Å². The zero-order valence-corrected chi connectivity index (χ0v) is 16.3. The number of hydrogen-bond acceptors (Lipinski definition) is 1. The second-order valence-corrected chi connectivity index (χ2v) is 7.74. The van der Waals surface area contributed by atoms with E-state index in [2.05, 4.69) is 60.7 Å². The Labute approximate surface area is 174 Å². The van der Waals surface area contributed by atoms with Crippen LogP contribution < -0.4 is 0 Å². The van der Waals surface area contributed by atoms with Crippen molar-refractivity contribution in [2.75, 3.05) is 0 Å². The average molecular weight is 382 g/mol. The van der Waals surface area contributed by atoms with Crippen LogP contribution in [0.2, 0.25) is 0 Å². The van der Waals surface area contributed by atoms with Crippen molar-refractivity contribution >= 4 is 38.1 Å². The van der Waals surface area contributed by atoms with E-state index in [1.165, 1.54) is 26.9 Å². The largest absolute Gasteiger partial charge is 0.289 e. The maximum atomic E-state index is 13.4. The molecule has 30 heavy (non-hydrogen) atoms. The smallest absolute Gasteiger partial charge is 0.193 e. The van der Waals surface area contributed by atoms with E-state index in [9.17, 15) is 4.79 Å². The Balaban J connectivity index is 1.50. The highest BCUT2D eigenvalue weighted by Gasteiger charge is 2.16. The van der Waals surface area contributed by atoms with Crippen LogP contribution in [0.25, 0.3) is 43.4 Å². The van der Waals surface area contributed by atoms with Crippen LogP contribution in [0.4, 0.5) is 0 Å². The summed E-state index contributed by atoms with van der Waals surface area (Å²) >= 11 is 0. The summed E-state index contributed by atoms with van der Waals surface area (Å²) < 4.78 is 0. The molecule has 6 aromatic carbocycles. The van der Waals surface area contributed by atoms with Crippen molar-refractivity contribution in [1.82, 2.24) is 0 Å². The first-order chi connectivity index (χ1) is 14.8. The Kier molecular flexibility index (Phi) is 3.69. The summed E-state index contributed by atoms with van der Waals surface area (Å²) in [5, 5.41) is 7.03. The quantitative estimate of drug-likeness (QED) is 0.229. The number of carbonyl (C=O) groups excluding carboxylic acids is 1. The summed E-state index contributed by atoms with van der Waals surface area (Å²) in [7, 11) is 0. The Bertz CT molecular complexity index is 1510. The summed E-state index contributed by atoms with van der Waals surface area (Å²) in [5.41, 5.74) is 3.74. The molecule has 0 unspecified atom stereocenters. The number of ketones is 1. The molecule has 0 heterocycles. The van der Waals surface area contributed by atoms with Gasteiger partial charge in [-0.05, 0) is 49.5 Å². The first-order valence-electron chi connectivity index (χ1n) is 10.2. The molecule has 0 saturated heterocycles. The van der Waals surface area contributed by atoms with Gasteiger partial charge in [0.1, 0.15) is 0 Å². The Morgan fingerprint density at radius 1 is 0.467 bits per heavy atom. The van der Waals surface area contributed by atoms with E-state index in [4.69, 9.17) is 0 Å². The lowest BCUT2D eigenvalue weighted by atomic mass is 9.89. The first-order valence-corrected chi connectivity index (χ1v) is 10.2. The van der Waals surface area contributed by atoms with Crippen LogP contribution in [-0.4, -0.2) is 5.78 Å². The van der Waals surface area contributed by atoms with Gasteiger partial charge in [0.2, 0.25) is 0 Å². The molecule has 0 radical (unpaired) electrons. The molecule has 0 N–H and O–H groups in total. The van der Waals surface area contributed by atoms with Gasteiger partial charge < -0.3 is 0 Å². The van der Waals surface area contributed by atoms with Gasteiger partial charge >= 0.3 is 0 Å². The minimum Gasteiger partial charge on any atom is -0.289 e. The highest BCUT2D eigenvalue weighted by atomic mass is 16.1. The highest BCUT2D eigenvalue weighted by molar-refractivity contribution is 6.28. The number of rotatable bonds is 3. The van der Waals surface area contributed by atoms with Crippen molar-refractivity contribution < 1.29 is 4.79 Å². The molecule has 0 saturated carbocycles. The fourth-order valence-corrected chi connectivity index (χ4v) is 4.53. The van der Waals surface area contributed by atoms with Crippen LogP contribution in [0.15, 0.2) is 109 Å². The van der Waals surface area contributed by atoms with Crippen molar-refractivity contribution in [3.05, 3.63) is 120 Å². The standard InChI is InChI=1S/C29H18O/c30-29(24-13-9-20(10-14-24)19-5-2-1-3-6-19)26-18-16-23-12-11-21-7-4-8-22-15-17-25(26)28(23)27(21)22/h1-18H. The molecule has 0 fully saturated rings. The van der Waals surface area contributed by atoms with Gasteiger partial charge in [-0.25, -0.2) is 0 Å². The van der Waals surface area contributed by atoms with Crippen LogP contribution >= 0.6 is 0 Å². The molecular weight excluding hydrogens is 364 g/mol. The van der Waals surface area contributed by atoms with Crippen molar-refractivity contribution in [3.8, 4) is 11.1 Å². The van der Waals surface area contributed by atoms with Crippen LogP contribution in [0.5, 0.6) is 0 Å². The normalized spacial score (nSPS) is 11.5. The second kappa shape index (κ2) is 6.53. The third kappa shape index (κ3) is 2.53. The minimum absolute atomic E-state index is 0.0625. The lowest BCUT2D eigenvalue weighted by Gasteiger charge is -2.13. The number of hydrogen-bond donors (Lipinski definition) is 0. The van der Waals surface area contributed by atoms with Crippen LogP contribution in [0, 0.1) is 0 Å². The molecule has 6 aromatic rings. The van der Waals surface area contributed by atoms with Crippen LogP contribution in [0.3, 0.4) is 0 Å². The molecule has 0 aromatic heterocycles. The van der Waals surface area contributed by atoms with Gasteiger partial charge in [0.25, 0.3) is 0 Å². The molecular formula is C29H18O. The predicted octanol–water partition coefficient (Wildman–Crippen LogP) is 7.48. The van der Waals surface area contributed by atoms with E-state index in [-0.39, 0.29) is 5.78 Å². The average Bonchev–Trinajstić information content (AvgIpc) is 2.83. The molecule has 1 nitrogen and oxygen atoms in total. The van der Waals surface area contributed by atoms with Gasteiger partial charge in [-0.15, -0.1) is 0 Å². The SMILES string of the molecule is O=C(c1ccc(-c2ccccc2)cc1)c1ccc2ccc3cccc4ccc1c2c34. The number of carbonyl (C=O) groups is 1. The fourth-order valence-electron chi connectivity index (χ4n) is 4.53. The fraction of sp³-hybridized carbons (Fsp3) is 0. The van der Waals surface area contributed by atoms with Crippen molar-refractivity contribution in [2.45, 2.75) is 0 Å². The molecule has 0 bridgehead atoms. The molecule has 0 aliphatic rings. The predicted molar refractivity (Wildman–Crippen MR) is 125 cm³/mol. The van der Waals surface area contributed by atoms with E-state index in [1.54, 1.807) is 0 Å². The molecule has 0 spiro atoms. The van der Waals surface area contributed by atoms with Crippen molar-refractivity contribution in [2.24, 2.45) is 0 Å². The van der Waals surface area contributed by atoms with Crippen LogP contribution in [-0.2, 0) is 0 Å². The summed E-state index contributed by atoms with van der Waals surface area (Å²) in [5.74, 6) is 0.0625. The molecule has 0 atom stereocenters. The number of benzene rings is 6. The monoisotopic (exact) mass is 382 g/mol. The van der Waals surface area contributed by atoms with Crippen molar-refractivity contribution in [3.63, 3.8) is 0 Å². The van der Waals surface area contributed by atoms with Crippen molar-refractivity contribution in [1.29, 1.82) is 0 Å². The zero-order valence-electron chi connectivity index (χ0n) is 16.3. The highest BCUT2D eigenvalue weighted by Crippen LogP contribution is 2.36. The third-order valence-corrected chi connectivity index (χ3v) is 6.03. The summed E-state index contributed by atoms with van der Waals surface area (Å²) in [6, 6.07) is 37.1. The maximum Gasteiger partial charge on any atom is 0.193 e. The molecule has 140 valence electrons. The first kappa shape index (κ1) is 16.9. The molecule has 0 amide bonds. The Hall–Kier alpha value is -3.97. The van der Waals surface area contributed by atoms with Crippen LogP contribution in [0.1, 0.15) is 15.9 Å². The lowest BCUT2D eigenvalue weighted by molar-refractivity contribution is 0.104. The third-order valence-electron chi connectivity index (χ3n) is 6.03. The van der Waals surface area contributed by atoms with Gasteiger partial charge in [-0.3, -0.25) is 4.79 Å². The Morgan fingerprint density at radius 2 is 1.07 bits per heavy atom. The van der Waals surface area contributed by atoms with Gasteiger partial charge in [-0.1, -0.05) is 103 Å². The van der Waals surface area contributed by atoms with Gasteiger partial charge in [-0.2, -0.15) is 0 Å². The zero-order chi connectivity index (χ0) is 20.1. The second-order valence-electron chi connectivity index (χ2n) is 7.74.